The van der Waals surface area contributed by atoms with E-state index in [1.165, 1.54) is 0 Å². The van der Waals surface area contributed by atoms with Crippen LogP contribution in [-0.4, -0.2) is 39.6 Å². The highest BCUT2D eigenvalue weighted by molar-refractivity contribution is 7.99. The fraction of sp³-hybridized carbons (Fsp3) is 0.412. The van der Waals surface area contributed by atoms with Crippen LogP contribution >= 0.6 is 23.1 Å². The second-order valence-electron chi connectivity index (χ2n) is 5.85. The molecule has 1 saturated heterocycles. The zero-order valence-corrected chi connectivity index (χ0v) is 14.7. The highest BCUT2D eigenvalue weighted by atomic mass is 32.2. The molecule has 0 aliphatic carbocycles. The molecule has 0 unspecified atom stereocenters. The number of thiazole rings is 1. The molecule has 0 atom stereocenters. The van der Waals surface area contributed by atoms with Crippen LogP contribution < -0.4 is 5.32 Å². The summed E-state index contributed by atoms with van der Waals surface area (Å²) in [7, 11) is 0. The molecule has 0 saturated carbocycles. The van der Waals surface area contributed by atoms with Gasteiger partial charge in [0.15, 0.2) is 0 Å². The number of benzene rings is 1. The van der Waals surface area contributed by atoms with E-state index < -0.39 is 5.60 Å². The Balaban J connectivity index is 1.68. The van der Waals surface area contributed by atoms with Crippen molar-refractivity contribution in [1.82, 2.24) is 10.3 Å². The van der Waals surface area contributed by atoms with Gasteiger partial charge in [-0.15, -0.1) is 11.3 Å². The van der Waals surface area contributed by atoms with Crippen LogP contribution in [0, 0.1) is 6.92 Å². The van der Waals surface area contributed by atoms with Gasteiger partial charge >= 0.3 is 0 Å². The molecule has 3 rings (SSSR count). The lowest BCUT2D eigenvalue weighted by Crippen LogP contribution is -2.45. The van der Waals surface area contributed by atoms with Crippen LogP contribution in [0.1, 0.15) is 28.2 Å². The Labute approximate surface area is 144 Å². The minimum absolute atomic E-state index is 0.148. The van der Waals surface area contributed by atoms with Crippen LogP contribution in [0.2, 0.25) is 0 Å². The maximum atomic E-state index is 12.4. The van der Waals surface area contributed by atoms with Crippen LogP contribution in [-0.2, 0) is 0 Å². The van der Waals surface area contributed by atoms with Crippen molar-refractivity contribution < 1.29 is 9.90 Å². The summed E-state index contributed by atoms with van der Waals surface area (Å²) in [6.07, 6.45) is 1.46. The summed E-state index contributed by atoms with van der Waals surface area (Å²) in [4.78, 5) is 16.8. The Morgan fingerprint density at radius 1 is 1.39 bits per heavy atom. The van der Waals surface area contributed by atoms with Crippen molar-refractivity contribution in [2.45, 2.75) is 25.4 Å². The third-order valence-electron chi connectivity index (χ3n) is 4.04. The van der Waals surface area contributed by atoms with E-state index in [0.717, 1.165) is 40.6 Å². The van der Waals surface area contributed by atoms with E-state index in [1.807, 2.05) is 42.3 Å². The molecule has 0 radical (unpaired) electrons. The van der Waals surface area contributed by atoms with Gasteiger partial charge in [0.05, 0.1) is 16.3 Å². The zero-order chi connectivity index (χ0) is 16.3. The lowest BCUT2D eigenvalue weighted by molar-refractivity contribution is 0.0311. The molecule has 1 aromatic carbocycles. The van der Waals surface area contributed by atoms with E-state index in [9.17, 15) is 9.90 Å². The van der Waals surface area contributed by atoms with Crippen molar-refractivity contribution in [3.63, 3.8) is 0 Å². The normalized spacial score (nSPS) is 17.0. The number of rotatable bonds is 4. The Hall–Kier alpha value is -1.37. The molecule has 6 heteroatoms. The van der Waals surface area contributed by atoms with E-state index >= 15 is 0 Å². The number of hydrogen-bond donors (Lipinski definition) is 2. The first-order valence-corrected chi connectivity index (χ1v) is 9.70. The van der Waals surface area contributed by atoms with Crippen LogP contribution in [0.4, 0.5) is 0 Å². The SMILES string of the molecule is Cc1nc(-c2cccc(C(=O)NCC3(O)CCSCC3)c2)cs1. The number of carbonyl (C=O) groups is 1. The molecular formula is C17H20N2O2S2. The minimum Gasteiger partial charge on any atom is -0.388 e. The number of hydrogen-bond acceptors (Lipinski definition) is 5. The summed E-state index contributed by atoms with van der Waals surface area (Å²) < 4.78 is 0. The first-order valence-electron chi connectivity index (χ1n) is 7.67. The van der Waals surface area contributed by atoms with Gasteiger partial charge in [0.2, 0.25) is 0 Å². The summed E-state index contributed by atoms with van der Waals surface area (Å²) in [6, 6.07) is 7.46. The Morgan fingerprint density at radius 2 is 2.17 bits per heavy atom. The van der Waals surface area contributed by atoms with Gasteiger partial charge in [-0.25, -0.2) is 4.98 Å². The highest BCUT2D eigenvalue weighted by Crippen LogP contribution is 2.26. The first-order chi connectivity index (χ1) is 11.1. The van der Waals surface area contributed by atoms with Gasteiger partial charge in [-0.05, 0) is 43.4 Å². The minimum atomic E-state index is -0.759. The number of carbonyl (C=O) groups excluding carboxylic acids is 1. The second-order valence-corrected chi connectivity index (χ2v) is 8.14. The topological polar surface area (TPSA) is 62.2 Å². The number of amides is 1. The first kappa shape index (κ1) is 16.5. The van der Waals surface area contributed by atoms with E-state index in [1.54, 1.807) is 17.4 Å². The number of nitrogens with zero attached hydrogens (tertiary/aromatic N) is 1. The molecule has 1 aromatic heterocycles. The molecule has 23 heavy (non-hydrogen) atoms. The summed E-state index contributed by atoms with van der Waals surface area (Å²) in [6.45, 7) is 2.28. The van der Waals surface area contributed by atoms with Gasteiger partial charge in [0, 0.05) is 23.1 Å². The molecule has 1 amide bonds. The molecule has 2 N–H and O–H groups in total. The lowest BCUT2D eigenvalue weighted by atomic mass is 9.96. The van der Waals surface area contributed by atoms with Gasteiger partial charge in [0.1, 0.15) is 0 Å². The molecule has 4 nitrogen and oxygen atoms in total. The van der Waals surface area contributed by atoms with E-state index in [4.69, 9.17) is 0 Å². The molecule has 1 aliphatic rings. The molecule has 0 spiro atoms. The quantitative estimate of drug-likeness (QED) is 0.891. The van der Waals surface area contributed by atoms with Crippen molar-refractivity contribution >= 4 is 29.0 Å². The summed E-state index contributed by atoms with van der Waals surface area (Å²) >= 11 is 3.45. The molecule has 0 bridgehead atoms. The maximum Gasteiger partial charge on any atom is 0.251 e. The Morgan fingerprint density at radius 3 is 2.87 bits per heavy atom. The summed E-state index contributed by atoms with van der Waals surface area (Å²) in [5, 5.41) is 16.3. The average Bonchev–Trinajstić information content (AvgIpc) is 3.00. The van der Waals surface area contributed by atoms with Gasteiger partial charge in [-0.2, -0.15) is 11.8 Å². The molecule has 2 heterocycles. The van der Waals surface area contributed by atoms with Gasteiger partial charge < -0.3 is 10.4 Å². The largest absolute Gasteiger partial charge is 0.388 e. The Bertz CT molecular complexity index is 693. The van der Waals surface area contributed by atoms with Crippen LogP contribution in [0.25, 0.3) is 11.3 Å². The van der Waals surface area contributed by atoms with E-state index in [0.29, 0.717) is 12.1 Å². The zero-order valence-electron chi connectivity index (χ0n) is 13.0. The standard InChI is InChI=1S/C17H20N2O2S2/c1-12-19-15(10-23-12)13-3-2-4-14(9-13)16(20)18-11-17(21)5-7-22-8-6-17/h2-4,9-10,21H,5-8,11H2,1H3,(H,18,20). The number of nitrogens with one attached hydrogen (secondary N) is 1. The second kappa shape index (κ2) is 7.03. The number of aromatic nitrogens is 1. The van der Waals surface area contributed by atoms with Crippen molar-refractivity contribution in [3.8, 4) is 11.3 Å². The molecule has 1 fully saturated rings. The monoisotopic (exact) mass is 348 g/mol. The third-order valence-corrected chi connectivity index (χ3v) is 5.80. The van der Waals surface area contributed by atoms with Crippen molar-refractivity contribution in [1.29, 1.82) is 0 Å². The average molecular weight is 348 g/mol. The van der Waals surface area contributed by atoms with Gasteiger partial charge in [-0.1, -0.05) is 12.1 Å². The van der Waals surface area contributed by atoms with Crippen molar-refractivity contribution in [2.75, 3.05) is 18.1 Å². The van der Waals surface area contributed by atoms with Gasteiger partial charge in [0.25, 0.3) is 5.91 Å². The lowest BCUT2D eigenvalue weighted by Gasteiger charge is -2.31. The number of aliphatic hydroxyl groups is 1. The predicted molar refractivity (Wildman–Crippen MR) is 96.1 cm³/mol. The van der Waals surface area contributed by atoms with Crippen molar-refractivity contribution in [3.05, 3.63) is 40.2 Å². The molecule has 1 aliphatic heterocycles. The molecule has 122 valence electrons. The van der Waals surface area contributed by atoms with E-state index in [2.05, 4.69) is 10.3 Å². The van der Waals surface area contributed by atoms with Crippen LogP contribution in [0.5, 0.6) is 0 Å². The molecule has 2 aromatic rings. The fourth-order valence-electron chi connectivity index (χ4n) is 2.59. The van der Waals surface area contributed by atoms with Crippen LogP contribution in [0.15, 0.2) is 29.6 Å². The predicted octanol–water partition coefficient (Wildman–Crippen LogP) is 3.11. The summed E-state index contributed by atoms with van der Waals surface area (Å²) in [5.41, 5.74) is 1.67. The number of aryl methyl sites for hydroxylation is 1. The maximum absolute atomic E-state index is 12.4. The number of thioether (sulfide) groups is 1. The van der Waals surface area contributed by atoms with Crippen molar-refractivity contribution in [2.24, 2.45) is 0 Å². The van der Waals surface area contributed by atoms with E-state index in [-0.39, 0.29) is 5.91 Å². The van der Waals surface area contributed by atoms with Crippen LogP contribution in [0.3, 0.4) is 0 Å². The smallest absolute Gasteiger partial charge is 0.251 e. The third kappa shape index (κ3) is 4.13. The Kier molecular flexibility index (Phi) is 5.04. The fourth-order valence-corrected chi connectivity index (χ4v) is 4.47. The van der Waals surface area contributed by atoms with Gasteiger partial charge in [-0.3, -0.25) is 4.79 Å². The highest BCUT2D eigenvalue weighted by Gasteiger charge is 2.29. The summed E-state index contributed by atoms with van der Waals surface area (Å²) in [5.74, 6) is 1.75. The molecular weight excluding hydrogens is 328 g/mol.